The van der Waals surface area contributed by atoms with Gasteiger partial charge < -0.3 is 4.57 Å². The van der Waals surface area contributed by atoms with Gasteiger partial charge in [-0.1, -0.05) is 84.9 Å². The van der Waals surface area contributed by atoms with Crippen LogP contribution < -0.4 is 0 Å². The first kappa shape index (κ1) is 24.5. The van der Waals surface area contributed by atoms with Crippen LogP contribution in [0.5, 0.6) is 0 Å². The fraction of sp³-hybridized carbons (Fsp3) is 0. The van der Waals surface area contributed by atoms with Gasteiger partial charge in [0.2, 0.25) is 0 Å². The maximum atomic E-state index is 5.14. The number of hydrogen-bond acceptors (Lipinski definition) is 4. The standard InChI is InChI=1S/C38H23N3S2/c1-2-10-24(11-3-1)25-18-20-27(21-19-25)41-32-15-7-4-12-28(32)36-29(38-40-31-14-6-9-17-35(31)43-38)22-26(23-33(36)41)37-39-30-13-5-8-16-34(30)42-37/h1-23H. The first-order chi connectivity index (χ1) is 21.3. The van der Waals surface area contributed by atoms with Crippen LogP contribution in [-0.4, -0.2) is 14.5 Å². The van der Waals surface area contributed by atoms with Gasteiger partial charge >= 0.3 is 0 Å². The summed E-state index contributed by atoms with van der Waals surface area (Å²) < 4.78 is 4.78. The molecule has 3 heterocycles. The van der Waals surface area contributed by atoms with Crippen LogP contribution in [0.2, 0.25) is 0 Å². The van der Waals surface area contributed by atoms with Gasteiger partial charge in [0.1, 0.15) is 10.0 Å². The van der Waals surface area contributed by atoms with Gasteiger partial charge in [0, 0.05) is 27.6 Å². The van der Waals surface area contributed by atoms with Gasteiger partial charge in [-0.2, -0.15) is 0 Å². The molecule has 0 N–H and O–H groups in total. The summed E-state index contributed by atoms with van der Waals surface area (Å²) in [6.45, 7) is 0. The summed E-state index contributed by atoms with van der Waals surface area (Å²) >= 11 is 3.49. The monoisotopic (exact) mass is 585 g/mol. The average Bonchev–Trinajstić information content (AvgIpc) is 3.79. The van der Waals surface area contributed by atoms with E-state index >= 15 is 0 Å². The highest BCUT2D eigenvalue weighted by Gasteiger charge is 2.21. The number of hydrogen-bond donors (Lipinski definition) is 0. The second kappa shape index (κ2) is 9.73. The third-order valence-corrected chi connectivity index (χ3v) is 10.2. The number of nitrogens with zero attached hydrogens (tertiary/aromatic N) is 3. The zero-order valence-electron chi connectivity index (χ0n) is 22.9. The minimum Gasteiger partial charge on any atom is -0.309 e. The fourth-order valence-corrected chi connectivity index (χ4v) is 8.02. The number of thiazole rings is 2. The topological polar surface area (TPSA) is 30.7 Å². The first-order valence-electron chi connectivity index (χ1n) is 14.3. The van der Waals surface area contributed by atoms with E-state index in [0.717, 1.165) is 43.4 Å². The number of para-hydroxylation sites is 3. The van der Waals surface area contributed by atoms with Crippen molar-refractivity contribution in [1.82, 2.24) is 14.5 Å². The van der Waals surface area contributed by atoms with E-state index in [1.165, 1.54) is 36.8 Å². The molecule has 0 saturated carbocycles. The molecule has 0 aliphatic rings. The molecule has 0 atom stereocenters. The fourth-order valence-electron chi connectivity index (χ4n) is 6.08. The molecule has 6 aromatic carbocycles. The van der Waals surface area contributed by atoms with Gasteiger partial charge in [-0.3, -0.25) is 0 Å². The molecule has 9 rings (SSSR count). The van der Waals surface area contributed by atoms with Gasteiger partial charge in [-0.25, -0.2) is 9.97 Å². The van der Waals surface area contributed by atoms with Crippen LogP contribution in [0.25, 0.3) is 80.2 Å². The highest BCUT2D eigenvalue weighted by atomic mass is 32.1. The number of rotatable bonds is 4. The molecule has 0 amide bonds. The van der Waals surface area contributed by atoms with Crippen molar-refractivity contribution in [3.05, 3.63) is 140 Å². The molecule has 202 valence electrons. The summed E-state index contributed by atoms with van der Waals surface area (Å²) in [5, 5.41) is 4.47. The highest BCUT2D eigenvalue weighted by molar-refractivity contribution is 7.22. The van der Waals surface area contributed by atoms with Gasteiger partial charge in [-0.05, 0) is 65.7 Å². The summed E-state index contributed by atoms with van der Waals surface area (Å²) in [6.07, 6.45) is 0. The van der Waals surface area contributed by atoms with E-state index in [9.17, 15) is 0 Å². The van der Waals surface area contributed by atoms with E-state index in [1.54, 1.807) is 22.7 Å². The quantitative estimate of drug-likeness (QED) is 0.206. The Kier molecular flexibility index (Phi) is 5.54. The van der Waals surface area contributed by atoms with Crippen LogP contribution in [-0.2, 0) is 0 Å². The lowest BCUT2D eigenvalue weighted by molar-refractivity contribution is 1.18. The lowest BCUT2D eigenvalue weighted by Crippen LogP contribution is -1.94. The SMILES string of the molecule is c1ccc(-c2ccc(-n3c4ccccc4c4c(-c5nc6ccccc6s5)cc(-c5nc6ccccc6s5)cc43)cc2)cc1. The molecule has 0 aliphatic carbocycles. The lowest BCUT2D eigenvalue weighted by Gasteiger charge is -2.11. The van der Waals surface area contributed by atoms with E-state index in [4.69, 9.17) is 9.97 Å². The Labute approximate surface area is 256 Å². The summed E-state index contributed by atoms with van der Waals surface area (Å²) in [4.78, 5) is 10.2. The largest absolute Gasteiger partial charge is 0.309 e. The maximum Gasteiger partial charge on any atom is 0.125 e. The molecule has 0 fully saturated rings. The van der Waals surface area contributed by atoms with Crippen LogP contribution in [0.4, 0.5) is 0 Å². The third kappa shape index (κ3) is 4.01. The van der Waals surface area contributed by atoms with Crippen molar-refractivity contribution in [2.24, 2.45) is 0 Å². The Balaban J connectivity index is 1.35. The molecular weight excluding hydrogens is 563 g/mol. The predicted octanol–water partition coefficient (Wildman–Crippen LogP) is 11.0. The van der Waals surface area contributed by atoms with Crippen molar-refractivity contribution >= 4 is 64.9 Å². The van der Waals surface area contributed by atoms with Crippen molar-refractivity contribution in [2.75, 3.05) is 0 Å². The molecule has 0 aliphatic heterocycles. The first-order valence-corrected chi connectivity index (χ1v) is 15.9. The van der Waals surface area contributed by atoms with E-state index in [0.29, 0.717) is 0 Å². The van der Waals surface area contributed by atoms with Gasteiger partial charge in [-0.15, -0.1) is 22.7 Å². The molecule has 3 nitrogen and oxygen atoms in total. The van der Waals surface area contributed by atoms with Crippen molar-refractivity contribution < 1.29 is 0 Å². The van der Waals surface area contributed by atoms with Gasteiger partial charge in [0.25, 0.3) is 0 Å². The molecule has 0 bridgehead atoms. The summed E-state index contributed by atoms with van der Waals surface area (Å²) in [5.74, 6) is 0. The van der Waals surface area contributed by atoms with Crippen LogP contribution in [0.3, 0.4) is 0 Å². The lowest BCUT2D eigenvalue weighted by atomic mass is 10.0. The third-order valence-electron chi connectivity index (χ3n) is 8.07. The minimum absolute atomic E-state index is 1.02. The summed E-state index contributed by atoms with van der Waals surface area (Å²) in [7, 11) is 0. The molecule has 0 unspecified atom stereocenters. The summed E-state index contributed by atoms with van der Waals surface area (Å²) in [6, 6.07) is 49.6. The normalized spacial score (nSPS) is 11.7. The van der Waals surface area contributed by atoms with Gasteiger partial charge in [0.15, 0.2) is 0 Å². The van der Waals surface area contributed by atoms with Crippen LogP contribution in [0.15, 0.2) is 140 Å². The molecule has 3 aromatic heterocycles. The van der Waals surface area contributed by atoms with Crippen molar-refractivity contribution in [3.8, 4) is 38.0 Å². The van der Waals surface area contributed by atoms with Crippen molar-refractivity contribution in [2.45, 2.75) is 0 Å². The molecule has 43 heavy (non-hydrogen) atoms. The zero-order valence-corrected chi connectivity index (χ0v) is 24.6. The van der Waals surface area contributed by atoms with Crippen LogP contribution in [0.1, 0.15) is 0 Å². The summed E-state index contributed by atoms with van der Waals surface area (Å²) in [5.41, 5.74) is 10.2. The highest BCUT2D eigenvalue weighted by Crippen LogP contribution is 2.44. The number of aromatic nitrogens is 3. The average molecular weight is 586 g/mol. The van der Waals surface area contributed by atoms with E-state index in [-0.39, 0.29) is 0 Å². The minimum atomic E-state index is 1.02. The molecule has 0 radical (unpaired) electrons. The van der Waals surface area contributed by atoms with E-state index in [2.05, 4.69) is 144 Å². The second-order valence-electron chi connectivity index (χ2n) is 10.7. The van der Waals surface area contributed by atoms with Gasteiger partial charge in [0.05, 0.1) is 31.5 Å². The Bertz CT molecular complexity index is 2380. The zero-order chi connectivity index (χ0) is 28.3. The van der Waals surface area contributed by atoms with Crippen molar-refractivity contribution in [3.63, 3.8) is 0 Å². The van der Waals surface area contributed by atoms with Crippen LogP contribution >= 0.6 is 22.7 Å². The Morgan fingerprint density at radius 3 is 1.81 bits per heavy atom. The van der Waals surface area contributed by atoms with E-state index < -0.39 is 0 Å². The molecule has 5 heteroatoms. The second-order valence-corrected chi connectivity index (χ2v) is 12.7. The molecule has 9 aromatic rings. The number of benzene rings is 6. The van der Waals surface area contributed by atoms with E-state index in [1.807, 2.05) is 0 Å². The maximum absolute atomic E-state index is 5.14. The Morgan fingerprint density at radius 2 is 1.07 bits per heavy atom. The Hall–Kier alpha value is -5.10. The molecular formula is C38H23N3S2. The molecule has 0 saturated heterocycles. The Morgan fingerprint density at radius 1 is 0.465 bits per heavy atom. The molecule has 0 spiro atoms. The predicted molar refractivity (Wildman–Crippen MR) is 183 cm³/mol. The smallest absolute Gasteiger partial charge is 0.125 e. The number of fused-ring (bicyclic) bond motifs is 5. The van der Waals surface area contributed by atoms with Crippen LogP contribution in [0, 0.1) is 0 Å². The van der Waals surface area contributed by atoms with Crippen molar-refractivity contribution in [1.29, 1.82) is 0 Å².